The summed E-state index contributed by atoms with van der Waals surface area (Å²) in [5.41, 5.74) is 2.67. The summed E-state index contributed by atoms with van der Waals surface area (Å²) < 4.78 is 10.1. The van der Waals surface area contributed by atoms with E-state index in [1.54, 1.807) is 17.1 Å². The summed E-state index contributed by atoms with van der Waals surface area (Å²) in [6, 6.07) is 13.6. The smallest absolute Gasteiger partial charge is 0.331 e. The van der Waals surface area contributed by atoms with Crippen molar-refractivity contribution in [3.05, 3.63) is 70.9 Å². The number of hydrogen-bond acceptors (Lipinski definition) is 6. The predicted molar refractivity (Wildman–Crippen MR) is 105 cm³/mol. The molecule has 0 radical (unpaired) electrons. The highest BCUT2D eigenvalue weighted by molar-refractivity contribution is 6.30. The molecule has 0 saturated carbocycles. The Morgan fingerprint density at radius 3 is 2.32 bits per heavy atom. The topological polar surface area (TPSA) is 59.1 Å². The molecule has 2 aromatic carbocycles. The third kappa shape index (κ3) is 2.81. The highest BCUT2D eigenvalue weighted by Crippen LogP contribution is 2.48. The van der Waals surface area contributed by atoms with Crippen LogP contribution >= 0.6 is 11.6 Å². The first-order chi connectivity index (χ1) is 13.6. The summed E-state index contributed by atoms with van der Waals surface area (Å²) in [6.45, 7) is 0. The Morgan fingerprint density at radius 1 is 0.964 bits per heavy atom. The summed E-state index contributed by atoms with van der Waals surface area (Å²) >= 11 is 6.04. The first kappa shape index (κ1) is 18.4. The van der Waals surface area contributed by atoms with Crippen molar-refractivity contribution in [2.45, 2.75) is 12.1 Å². The first-order valence-electron chi connectivity index (χ1n) is 8.82. The number of hydrogen-bond donors (Lipinski definition) is 0. The number of halogens is 1. The van der Waals surface area contributed by atoms with Crippen molar-refractivity contribution in [3.8, 4) is 0 Å². The largest absolute Gasteiger partial charge is 0.469 e. The van der Waals surface area contributed by atoms with Gasteiger partial charge >= 0.3 is 11.9 Å². The molecule has 2 heterocycles. The third-order valence-corrected chi connectivity index (χ3v) is 5.46. The van der Waals surface area contributed by atoms with Gasteiger partial charge in [0, 0.05) is 11.2 Å². The maximum Gasteiger partial charge on any atom is 0.331 e. The zero-order valence-electron chi connectivity index (χ0n) is 15.4. The number of benzene rings is 2. The van der Waals surface area contributed by atoms with Crippen LogP contribution in [0.3, 0.4) is 0 Å². The normalized spacial score (nSPS) is 22.5. The molecule has 1 fully saturated rings. The van der Waals surface area contributed by atoms with Crippen molar-refractivity contribution in [1.82, 2.24) is 5.01 Å². The summed E-state index contributed by atoms with van der Waals surface area (Å²) in [5, 5.41) is 4.26. The molecule has 6 nitrogen and oxygen atoms in total. The highest BCUT2D eigenvalue weighted by Gasteiger charge is 2.56. The number of fused-ring (bicyclic) bond motifs is 3. The minimum absolute atomic E-state index is 0.395. The first-order valence-corrected chi connectivity index (χ1v) is 9.20. The van der Waals surface area contributed by atoms with Gasteiger partial charge in [-0.25, -0.2) is 4.79 Å². The van der Waals surface area contributed by atoms with Gasteiger partial charge in [0.1, 0.15) is 5.92 Å². The quantitative estimate of drug-likeness (QED) is 0.738. The molecule has 0 amide bonds. The second-order valence-corrected chi connectivity index (χ2v) is 7.04. The van der Waals surface area contributed by atoms with Gasteiger partial charge < -0.3 is 9.47 Å². The monoisotopic (exact) mass is 398 g/mol. The lowest BCUT2D eigenvalue weighted by molar-refractivity contribution is -0.153. The lowest BCUT2D eigenvalue weighted by Gasteiger charge is -2.36. The Kier molecular flexibility index (Phi) is 4.73. The van der Waals surface area contributed by atoms with Crippen LogP contribution in [0, 0.1) is 5.92 Å². The number of methoxy groups -OCH3 is 2. The minimum atomic E-state index is -0.876. The van der Waals surface area contributed by atoms with Crippen LogP contribution in [0.2, 0.25) is 5.02 Å². The summed E-state index contributed by atoms with van der Waals surface area (Å²) in [5.74, 6) is -1.74. The average molecular weight is 399 g/mol. The molecule has 2 aliphatic heterocycles. The maximum absolute atomic E-state index is 12.8. The molecule has 0 N–H and O–H groups in total. The number of carbonyl (C=O) groups is 2. The van der Waals surface area contributed by atoms with Gasteiger partial charge in [0.2, 0.25) is 0 Å². The van der Waals surface area contributed by atoms with E-state index in [0.717, 1.165) is 16.8 Å². The molecular formula is C21H19ClN2O4. The molecule has 144 valence electrons. The van der Waals surface area contributed by atoms with E-state index in [2.05, 4.69) is 0 Å². The number of rotatable bonds is 3. The third-order valence-electron chi connectivity index (χ3n) is 5.21. The molecular weight excluding hydrogens is 380 g/mol. The fourth-order valence-corrected chi connectivity index (χ4v) is 4.13. The van der Waals surface area contributed by atoms with Crippen molar-refractivity contribution in [2.75, 3.05) is 19.2 Å². The van der Waals surface area contributed by atoms with Crippen molar-refractivity contribution >= 4 is 35.3 Å². The van der Waals surface area contributed by atoms with Crippen LogP contribution in [-0.4, -0.2) is 37.2 Å². The summed E-state index contributed by atoms with van der Waals surface area (Å²) in [6.07, 6.45) is 3.84. The fraction of sp³-hybridized carbons (Fsp3) is 0.238. The molecule has 7 heteroatoms. The predicted octanol–water partition coefficient (Wildman–Crippen LogP) is 3.43. The number of ether oxygens (including phenoxy) is 2. The van der Waals surface area contributed by atoms with E-state index in [1.165, 1.54) is 14.2 Å². The van der Waals surface area contributed by atoms with E-state index in [4.69, 9.17) is 21.1 Å². The van der Waals surface area contributed by atoms with Gasteiger partial charge in [0.05, 0.1) is 25.9 Å². The van der Waals surface area contributed by atoms with E-state index < -0.39 is 29.9 Å². The van der Waals surface area contributed by atoms with Gasteiger partial charge in [-0.1, -0.05) is 35.9 Å². The van der Waals surface area contributed by atoms with E-state index in [1.807, 2.05) is 53.7 Å². The molecule has 2 aromatic rings. The Bertz CT molecular complexity index is 944. The van der Waals surface area contributed by atoms with Crippen molar-refractivity contribution in [2.24, 2.45) is 5.92 Å². The van der Waals surface area contributed by atoms with Gasteiger partial charge in [0.15, 0.2) is 6.04 Å². The average Bonchev–Trinajstić information content (AvgIpc) is 3.08. The van der Waals surface area contributed by atoms with Crippen LogP contribution in [0.1, 0.15) is 17.2 Å². The molecule has 0 aliphatic carbocycles. The second kappa shape index (κ2) is 7.20. The number of carbonyl (C=O) groups excluding carboxylic acids is 2. The number of nitrogens with zero attached hydrogens (tertiary/aromatic N) is 2. The van der Waals surface area contributed by atoms with E-state index in [-0.39, 0.29) is 0 Å². The highest BCUT2D eigenvalue weighted by atomic mass is 35.5. The van der Waals surface area contributed by atoms with Crippen LogP contribution in [0.15, 0.2) is 54.7 Å². The molecule has 0 spiro atoms. The van der Waals surface area contributed by atoms with Gasteiger partial charge in [-0.05, 0) is 41.5 Å². The standard InChI is InChI=1S/C21H19ClN2O4/c1-27-20(25)17-18-16-6-4-3-5-13(16)11-12-23(18)24(19(17)21(26)28-2)15-9-7-14(22)8-10-15/h3-12,17-19H,1-2H3. The van der Waals surface area contributed by atoms with Crippen molar-refractivity contribution in [3.63, 3.8) is 0 Å². The lowest BCUT2D eigenvalue weighted by Crippen LogP contribution is -2.46. The van der Waals surface area contributed by atoms with E-state index in [9.17, 15) is 9.59 Å². The Morgan fingerprint density at radius 2 is 1.64 bits per heavy atom. The van der Waals surface area contributed by atoms with Gasteiger partial charge in [-0.15, -0.1) is 0 Å². The van der Waals surface area contributed by atoms with Crippen LogP contribution in [-0.2, 0) is 19.1 Å². The fourth-order valence-electron chi connectivity index (χ4n) is 4.01. The molecule has 1 saturated heterocycles. The summed E-state index contributed by atoms with van der Waals surface area (Å²) in [7, 11) is 2.65. The second-order valence-electron chi connectivity index (χ2n) is 6.61. The molecule has 28 heavy (non-hydrogen) atoms. The molecule has 3 unspecified atom stereocenters. The van der Waals surface area contributed by atoms with Crippen LogP contribution in [0.4, 0.5) is 5.69 Å². The Labute approximate surface area is 167 Å². The van der Waals surface area contributed by atoms with Crippen LogP contribution in [0.5, 0.6) is 0 Å². The molecule has 3 atom stereocenters. The minimum Gasteiger partial charge on any atom is -0.469 e. The molecule has 0 aromatic heterocycles. The van der Waals surface area contributed by atoms with Gasteiger partial charge in [-0.3, -0.25) is 14.8 Å². The van der Waals surface area contributed by atoms with Crippen molar-refractivity contribution < 1.29 is 19.1 Å². The number of esters is 2. The molecule has 0 bridgehead atoms. The SMILES string of the molecule is COC(=O)C1C2c3ccccc3C=CN2N(c2ccc(Cl)cc2)C1C(=O)OC. The van der Waals surface area contributed by atoms with E-state index >= 15 is 0 Å². The number of hydrazine groups is 1. The zero-order valence-corrected chi connectivity index (χ0v) is 16.2. The van der Waals surface area contributed by atoms with Crippen LogP contribution < -0.4 is 5.01 Å². The van der Waals surface area contributed by atoms with Gasteiger partial charge in [0.25, 0.3) is 0 Å². The van der Waals surface area contributed by atoms with E-state index in [0.29, 0.717) is 5.02 Å². The molecule has 4 rings (SSSR count). The Balaban J connectivity index is 1.91. The van der Waals surface area contributed by atoms with Crippen LogP contribution in [0.25, 0.3) is 6.08 Å². The lowest BCUT2D eigenvalue weighted by atomic mass is 9.85. The summed E-state index contributed by atoms with van der Waals surface area (Å²) in [4.78, 5) is 25.6. The number of anilines is 1. The molecule has 2 aliphatic rings. The Hall–Kier alpha value is -2.99. The maximum atomic E-state index is 12.8. The van der Waals surface area contributed by atoms with Crippen molar-refractivity contribution in [1.29, 1.82) is 0 Å². The zero-order chi connectivity index (χ0) is 19.8. The van der Waals surface area contributed by atoms with Gasteiger partial charge in [-0.2, -0.15) is 0 Å².